The van der Waals surface area contributed by atoms with Crippen molar-refractivity contribution in [3.05, 3.63) is 0 Å². The van der Waals surface area contributed by atoms with Crippen molar-refractivity contribution in [1.29, 1.82) is 0 Å². The summed E-state index contributed by atoms with van der Waals surface area (Å²) in [6.45, 7) is 8.76. The lowest BCUT2D eigenvalue weighted by Gasteiger charge is -2.20. The third kappa shape index (κ3) is 4.60. The predicted molar refractivity (Wildman–Crippen MR) is 42.9 cm³/mol. The lowest BCUT2D eigenvalue weighted by atomic mass is 10.0. The lowest BCUT2D eigenvalue weighted by Crippen LogP contribution is -2.17. The summed E-state index contributed by atoms with van der Waals surface area (Å²) in [7, 11) is 0. The molecule has 0 aliphatic carbocycles. The molecule has 0 atom stereocenters. The van der Waals surface area contributed by atoms with E-state index >= 15 is 0 Å². The van der Waals surface area contributed by atoms with Gasteiger partial charge in [0.15, 0.2) is 0 Å². The molecule has 1 nitrogen and oxygen atoms in total. The maximum Gasteiger partial charge on any atom is 0.0224 e. The summed E-state index contributed by atoms with van der Waals surface area (Å²) in [5.41, 5.74) is 0. The van der Waals surface area contributed by atoms with Gasteiger partial charge in [0.1, 0.15) is 0 Å². The second-order valence-corrected chi connectivity index (χ2v) is 4.76. The monoisotopic (exact) mass is 181 g/mol. The number of rotatable bonds is 1. The largest absolute Gasteiger partial charge is 0.344 e. The van der Waals surface area contributed by atoms with Crippen molar-refractivity contribution in [2.24, 2.45) is 5.92 Å². The van der Waals surface area contributed by atoms with Crippen LogP contribution in [-0.4, -0.2) is 4.32 Å². The van der Waals surface area contributed by atoms with Crippen LogP contribution in [0.3, 0.4) is 0 Å². The maximum atomic E-state index is 3.54. The molecule has 0 saturated carbocycles. The van der Waals surface area contributed by atoms with E-state index in [9.17, 15) is 0 Å². The first-order chi connectivity index (χ1) is 2.94. The minimum atomic E-state index is 0. The molecule has 0 radical (unpaired) electrons. The molecule has 0 spiro atoms. The Morgan fingerprint density at radius 2 is 1.38 bits per heavy atom. The van der Waals surface area contributed by atoms with Crippen LogP contribution in [0.5, 0.6) is 0 Å². The van der Waals surface area contributed by atoms with Crippen LogP contribution in [0.4, 0.5) is 0 Å². The molecule has 0 amide bonds. The van der Waals surface area contributed by atoms with Crippen molar-refractivity contribution < 1.29 is 0 Å². The molecule has 0 aromatic heterocycles. The molecule has 0 heterocycles. The van der Waals surface area contributed by atoms with Crippen molar-refractivity contribution in [1.82, 2.24) is 6.15 Å². The molecule has 3 N–H and O–H groups in total. The van der Waals surface area contributed by atoms with E-state index in [1.54, 1.807) is 0 Å². The highest BCUT2D eigenvalue weighted by molar-refractivity contribution is 9.10. The highest BCUT2D eigenvalue weighted by atomic mass is 79.9. The van der Waals surface area contributed by atoms with Crippen LogP contribution < -0.4 is 6.15 Å². The van der Waals surface area contributed by atoms with Gasteiger partial charge >= 0.3 is 0 Å². The molecule has 0 aromatic carbocycles. The average Bonchev–Trinajstić information content (AvgIpc) is 1.31. The van der Waals surface area contributed by atoms with Gasteiger partial charge in [-0.3, -0.25) is 0 Å². The third-order valence-electron chi connectivity index (χ3n) is 1.37. The van der Waals surface area contributed by atoms with E-state index in [-0.39, 0.29) is 6.15 Å². The quantitative estimate of drug-likeness (QED) is 0.621. The fourth-order valence-electron chi connectivity index (χ4n) is 0. The van der Waals surface area contributed by atoms with Crippen molar-refractivity contribution >= 4 is 15.9 Å². The van der Waals surface area contributed by atoms with Gasteiger partial charge in [-0.2, -0.15) is 0 Å². The van der Waals surface area contributed by atoms with E-state index in [1.807, 2.05) is 0 Å². The zero-order valence-electron chi connectivity index (χ0n) is 6.16. The van der Waals surface area contributed by atoms with Gasteiger partial charge in [0, 0.05) is 4.32 Å². The van der Waals surface area contributed by atoms with Gasteiger partial charge in [0.2, 0.25) is 0 Å². The van der Waals surface area contributed by atoms with Crippen LogP contribution in [-0.2, 0) is 0 Å². The fourth-order valence-corrected chi connectivity index (χ4v) is 0. The molecular weight excluding hydrogens is 166 g/mol. The maximum absolute atomic E-state index is 3.54. The Bertz CT molecular complexity index is 54.0. The number of halogens is 1. The minimum Gasteiger partial charge on any atom is -0.344 e. The molecular formula is C6H16BrN. The molecule has 2 heteroatoms. The molecule has 0 fully saturated rings. The number of alkyl halides is 1. The highest BCUT2D eigenvalue weighted by Gasteiger charge is 2.16. The van der Waals surface area contributed by atoms with Crippen LogP contribution in [0.2, 0.25) is 0 Å². The molecule has 0 aliphatic rings. The fraction of sp³-hybridized carbons (Fsp3) is 1.00. The Kier molecular flexibility index (Phi) is 4.88. The van der Waals surface area contributed by atoms with E-state index in [2.05, 4.69) is 43.6 Å². The van der Waals surface area contributed by atoms with E-state index in [0.29, 0.717) is 10.2 Å². The normalized spacial score (nSPS) is 11.2. The molecule has 0 aliphatic heterocycles. The molecule has 0 unspecified atom stereocenters. The summed E-state index contributed by atoms with van der Waals surface area (Å²) < 4.78 is 0.312. The highest BCUT2D eigenvalue weighted by Crippen LogP contribution is 2.24. The van der Waals surface area contributed by atoms with Crippen molar-refractivity contribution in [3.8, 4) is 0 Å². The van der Waals surface area contributed by atoms with Gasteiger partial charge in [0.25, 0.3) is 0 Å². The smallest absolute Gasteiger partial charge is 0.0224 e. The first kappa shape index (κ1) is 11.3. The van der Waals surface area contributed by atoms with Crippen molar-refractivity contribution in [2.75, 3.05) is 0 Å². The average molecular weight is 182 g/mol. The van der Waals surface area contributed by atoms with E-state index in [1.165, 1.54) is 0 Å². The van der Waals surface area contributed by atoms with Gasteiger partial charge in [0.05, 0.1) is 0 Å². The Hall–Kier alpha value is 0.440. The van der Waals surface area contributed by atoms with Crippen LogP contribution in [0, 0.1) is 5.92 Å². The Labute approximate surface area is 60.6 Å². The summed E-state index contributed by atoms with van der Waals surface area (Å²) >= 11 is 3.54. The first-order valence-corrected chi connectivity index (χ1v) is 3.43. The summed E-state index contributed by atoms with van der Waals surface area (Å²) in [6.07, 6.45) is 0. The Morgan fingerprint density at radius 1 is 1.25 bits per heavy atom. The zero-order chi connectivity index (χ0) is 6.08. The molecule has 8 heavy (non-hydrogen) atoms. The van der Waals surface area contributed by atoms with Crippen molar-refractivity contribution in [3.63, 3.8) is 0 Å². The van der Waals surface area contributed by atoms with Gasteiger partial charge in [-0.1, -0.05) is 29.8 Å². The van der Waals surface area contributed by atoms with E-state index in [0.717, 1.165) is 0 Å². The van der Waals surface area contributed by atoms with Crippen LogP contribution in [0.1, 0.15) is 27.7 Å². The second kappa shape index (κ2) is 3.46. The summed E-state index contributed by atoms with van der Waals surface area (Å²) in [5.74, 6) is 0.715. The number of hydrogen-bond acceptors (Lipinski definition) is 1. The number of hydrogen-bond donors (Lipinski definition) is 1. The summed E-state index contributed by atoms with van der Waals surface area (Å²) in [5, 5.41) is 0. The van der Waals surface area contributed by atoms with Gasteiger partial charge < -0.3 is 6.15 Å². The topological polar surface area (TPSA) is 35.0 Å². The van der Waals surface area contributed by atoms with E-state index in [4.69, 9.17) is 0 Å². The second-order valence-electron chi connectivity index (χ2n) is 2.72. The molecule has 0 bridgehead atoms. The first-order valence-electron chi connectivity index (χ1n) is 2.63. The Morgan fingerprint density at radius 3 is 1.38 bits per heavy atom. The van der Waals surface area contributed by atoms with Gasteiger partial charge in [-0.15, -0.1) is 0 Å². The standard InChI is InChI=1S/C6H13Br.H3N/c1-5(2)6(3,4)7;/h5H,1-4H3;1H3. The summed E-state index contributed by atoms with van der Waals surface area (Å²) in [4.78, 5) is 0. The summed E-state index contributed by atoms with van der Waals surface area (Å²) in [6, 6.07) is 0. The third-order valence-corrected chi connectivity index (χ3v) is 2.29. The molecule has 0 rings (SSSR count). The van der Waals surface area contributed by atoms with Gasteiger partial charge in [-0.25, -0.2) is 0 Å². The van der Waals surface area contributed by atoms with Gasteiger partial charge in [-0.05, 0) is 19.8 Å². The van der Waals surface area contributed by atoms with E-state index < -0.39 is 0 Å². The lowest BCUT2D eigenvalue weighted by molar-refractivity contribution is 0.514. The minimum absolute atomic E-state index is 0. The van der Waals surface area contributed by atoms with Crippen LogP contribution in [0.25, 0.3) is 0 Å². The molecule has 0 aromatic rings. The molecule has 52 valence electrons. The SMILES string of the molecule is CC(C)C(C)(C)Br.N. The predicted octanol–water partition coefficient (Wildman–Crippen LogP) is 2.98. The van der Waals surface area contributed by atoms with Crippen LogP contribution >= 0.6 is 15.9 Å². The zero-order valence-corrected chi connectivity index (χ0v) is 7.75. The molecule has 0 saturated heterocycles. The van der Waals surface area contributed by atoms with Crippen LogP contribution in [0.15, 0.2) is 0 Å². The van der Waals surface area contributed by atoms with Crippen molar-refractivity contribution in [2.45, 2.75) is 32.0 Å². The Balaban J connectivity index is 0.